The van der Waals surface area contributed by atoms with E-state index in [2.05, 4.69) is 18.2 Å². The van der Waals surface area contributed by atoms with E-state index in [-0.39, 0.29) is 6.29 Å². The fraction of sp³-hybridized carbons (Fsp3) is 0.619. The number of aliphatic hydroxyl groups is 1. The third-order valence-corrected chi connectivity index (χ3v) is 4.96. The summed E-state index contributed by atoms with van der Waals surface area (Å²) >= 11 is 0. The third-order valence-electron chi connectivity index (χ3n) is 4.96. The van der Waals surface area contributed by atoms with Gasteiger partial charge in [0.15, 0.2) is 6.29 Å². The molecule has 0 spiro atoms. The Labute approximate surface area is 150 Å². The van der Waals surface area contributed by atoms with Crippen molar-refractivity contribution in [1.82, 2.24) is 0 Å². The summed E-state index contributed by atoms with van der Waals surface area (Å²) in [5, 5.41) is 9.73. The van der Waals surface area contributed by atoms with Crippen LogP contribution >= 0.6 is 0 Å². The molecule has 138 valence electrons. The zero-order valence-electron chi connectivity index (χ0n) is 15.2. The highest BCUT2D eigenvalue weighted by Gasteiger charge is 2.29. The van der Waals surface area contributed by atoms with Crippen LogP contribution in [0.3, 0.4) is 0 Å². The van der Waals surface area contributed by atoms with Gasteiger partial charge in [-0.15, -0.1) is 0 Å². The summed E-state index contributed by atoms with van der Waals surface area (Å²) in [4.78, 5) is 0. The Morgan fingerprint density at radius 2 is 2.08 bits per heavy atom. The Kier molecular flexibility index (Phi) is 6.91. The number of unbranched alkanes of at least 4 members (excludes halogenated alkanes) is 4. The molecule has 2 aliphatic heterocycles. The van der Waals surface area contributed by atoms with Crippen molar-refractivity contribution < 1.29 is 19.3 Å². The van der Waals surface area contributed by atoms with Gasteiger partial charge in [-0.05, 0) is 57.1 Å². The van der Waals surface area contributed by atoms with Gasteiger partial charge in [-0.1, -0.05) is 31.1 Å². The van der Waals surface area contributed by atoms with Crippen LogP contribution in [0.4, 0.5) is 0 Å². The van der Waals surface area contributed by atoms with Crippen molar-refractivity contribution in [3.8, 4) is 0 Å². The standard InChI is InChI=1S/C21H30O4/c1-16-20-17(12-13-18(20)25-21(16)22)10-6-4-2-3-5-8-14-23-19-11-7-9-15-24-19/h6,10,12-13,19,21-22H,2-5,7-9,11,14-15H2,1H3/b10-6+. The molecule has 0 aromatic heterocycles. The molecule has 0 amide bonds. The first-order valence-corrected chi connectivity index (χ1v) is 9.63. The number of ether oxygens (including phenoxy) is 3. The minimum Gasteiger partial charge on any atom is -0.460 e. The summed E-state index contributed by atoms with van der Waals surface area (Å²) < 4.78 is 16.7. The van der Waals surface area contributed by atoms with Gasteiger partial charge in [-0.2, -0.15) is 0 Å². The first-order valence-electron chi connectivity index (χ1n) is 9.63. The van der Waals surface area contributed by atoms with E-state index in [0.717, 1.165) is 55.0 Å². The SMILES string of the molecule is CC1=C2C(/C=C/CCCCCCOC3CCCCO3)=CC=C2OC1O. The first kappa shape index (κ1) is 18.4. The maximum Gasteiger partial charge on any atom is 0.221 e. The zero-order chi connectivity index (χ0) is 17.5. The fourth-order valence-electron chi connectivity index (χ4n) is 3.45. The van der Waals surface area contributed by atoms with Crippen LogP contribution in [0.25, 0.3) is 0 Å². The molecular weight excluding hydrogens is 316 g/mol. The first-order chi connectivity index (χ1) is 12.3. The minimum absolute atomic E-state index is 0.0470. The molecule has 25 heavy (non-hydrogen) atoms. The molecule has 2 atom stereocenters. The predicted octanol–water partition coefficient (Wildman–Crippen LogP) is 4.53. The maximum atomic E-state index is 9.73. The molecule has 1 saturated heterocycles. The quantitative estimate of drug-likeness (QED) is 0.623. The van der Waals surface area contributed by atoms with Crippen LogP contribution in [0.1, 0.15) is 58.3 Å². The summed E-state index contributed by atoms with van der Waals surface area (Å²) in [6.45, 7) is 3.60. The molecule has 1 fully saturated rings. The zero-order valence-corrected chi connectivity index (χ0v) is 15.2. The normalized spacial score (nSPS) is 26.0. The van der Waals surface area contributed by atoms with Gasteiger partial charge in [0.05, 0.1) is 0 Å². The van der Waals surface area contributed by atoms with Crippen molar-refractivity contribution in [2.24, 2.45) is 0 Å². The van der Waals surface area contributed by atoms with E-state index in [1.165, 1.54) is 32.1 Å². The van der Waals surface area contributed by atoms with Crippen molar-refractivity contribution in [3.05, 3.63) is 46.8 Å². The molecule has 2 unspecified atom stereocenters. The number of rotatable bonds is 9. The number of aliphatic hydroxyl groups excluding tert-OH is 1. The molecule has 0 saturated carbocycles. The van der Waals surface area contributed by atoms with Gasteiger partial charge in [-0.3, -0.25) is 0 Å². The average molecular weight is 346 g/mol. The molecule has 0 radical (unpaired) electrons. The second-order valence-electron chi connectivity index (χ2n) is 6.95. The molecule has 4 heteroatoms. The molecule has 3 rings (SSSR count). The third kappa shape index (κ3) is 5.06. The Morgan fingerprint density at radius 1 is 1.20 bits per heavy atom. The van der Waals surface area contributed by atoms with Gasteiger partial charge in [0.2, 0.25) is 6.29 Å². The van der Waals surface area contributed by atoms with Crippen molar-refractivity contribution in [2.75, 3.05) is 13.2 Å². The van der Waals surface area contributed by atoms with E-state index in [0.29, 0.717) is 0 Å². The Hall–Kier alpha value is -1.36. The molecule has 0 aromatic carbocycles. The van der Waals surface area contributed by atoms with Gasteiger partial charge in [-0.25, -0.2) is 0 Å². The highest BCUT2D eigenvalue weighted by atomic mass is 16.7. The lowest BCUT2D eigenvalue weighted by molar-refractivity contribution is -0.162. The number of allylic oxidation sites excluding steroid dienone is 5. The summed E-state index contributed by atoms with van der Waals surface area (Å²) in [6, 6.07) is 0. The van der Waals surface area contributed by atoms with Gasteiger partial charge >= 0.3 is 0 Å². The van der Waals surface area contributed by atoms with Crippen molar-refractivity contribution >= 4 is 0 Å². The molecule has 4 nitrogen and oxygen atoms in total. The molecule has 0 bridgehead atoms. The summed E-state index contributed by atoms with van der Waals surface area (Å²) in [7, 11) is 0. The van der Waals surface area contributed by atoms with Crippen molar-refractivity contribution in [3.63, 3.8) is 0 Å². The van der Waals surface area contributed by atoms with Gasteiger partial charge in [0.1, 0.15) is 5.76 Å². The van der Waals surface area contributed by atoms with Gasteiger partial charge < -0.3 is 19.3 Å². The van der Waals surface area contributed by atoms with Crippen LogP contribution in [-0.2, 0) is 14.2 Å². The van der Waals surface area contributed by atoms with E-state index in [1.807, 2.05) is 13.0 Å². The van der Waals surface area contributed by atoms with Gasteiger partial charge in [0, 0.05) is 24.4 Å². The number of hydrogen-bond acceptors (Lipinski definition) is 4. The highest BCUT2D eigenvalue weighted by Crippen LogP contribution is 2.38. The van der Waals surface area contributed by atoms with E-state index in [4.69, 9.17) is 14.2 Å². The van der Waals surface area contributed by atoms with E-state index < -0.39 is 6.29 Å². The lowest BCUT2D eigenvalue weighted by atomic mass is 10.0. The fourth-order valence-corrected chi connectivity index (χ4v) is 3.45. The molecular formula is C21H30O4. The van der Waals surface area contributed by atoms with Gasteiger partial charge in [0.25, 0.3) is 0 Å². The van der Waals surface area contributed by atoms with E-state index in [9.17, 15) is 5.11 Å². The second kappa shape index (κ2) is 9.37. The van der Waals surface area contributed by atoms with E-state index >= 15 is 0 Å². The number of hydrogen-bond donors (Lipinski definition) is 1. The Balaban J connectivity index is 1.24. The molecule has 1 aliphatic carbocycles. The lowest BCUT2D eigenvalue weighted by Crippen LogP contribution is -2.22. The van der Waals surface area contributed by atoms with E-state index in [1.54, 1.807) is 0 Å². The Morgan fingerprint density at radius 3 is 2.92 bits per heavy atom. The smallest absolute Gasteiger partial charge is 0.221 e. The summed E-state index contributed by atoms with van der Waals surface area (Å²) in [6.07, 6.45) is 16.9. The monoisotopic (exact) mass is 346 g/mol. The van der Waals surface area contributed by atoms with Crippen LogP contribution in [0.15, 0.2) is 46.8 Å². The largest absolute Gasteiger partial charge is 0.460 e. The molecule has 2 heterocycles. The van der Waals surface area contributed by atoms with Crippen LogP contribution in [0, 0.1) is 0 Å². The molecule has 0 aromatic rings. The average Bonchev–Trinajstić information content (AvgIpc) is 3.15. The maximum absolute atomic E-state index is 9.73. The highest BCUT2D eigenvalue weighted by molar-refractivity contribution is 5.61. The van der Waals surface area contributed by atoms with Crippen LogP contribution in [0.2, 0.25) is 0 Å². The van der Waals surface area contributed by atoms with Crippen molar-refractivity contribution in [1.29, 1.82) is 0 Å². The van der Waals surface area contributed by atoms with Crippen LogP contribution in [-0.4, -0.2) is 30.9 Å². The summed E-state index contributed by atoms with van der Waals surface area (Å²) in [5.74, 6) is 0.798. The Bertz CT molecular complexity index is 564. The predicted molar refractivity (Wildman–Crippen MR) is 97.7 cm³/mol. The second-order valence-corrected chi connectivity index (χ2v) is 6.95. The van der Waals surface area contributed by atoms with Crippen LogP contribution < -0.4 is 0 Å². The molecule has 3 aliphatic rings. The van der Waals surface area contributed by atoms with Crippen molar-refractivity contribution in [2.45, 2.75) is 70.9 Å². The molecule has 1 N–H and O–H groups in total. The summed E-state index contributed by atoms with van der Waals surface area (Å²) in [5.41, 5.74) is 3.11. The number of fused-ring (bicyclic) bond motifs is 1. The lowest BCUT2D eigenvalue weighted by Gasteiger charge is -2.22. The minimum atomic E-state index is -0.778. The topological polar surface area (TPSA) is 47.9 Å². The van der Waals surface area contributed by atoms with Crippen LogP contribution in [0.5, 0.6) is 0 Å².